The number of primary amides is 1. The molecule has 0 aromatic carbocycles. The summed E-state index contributed by atoms with van der Waals surface area (Å²) in [6, 6.07) is -1.30. The summed E-state index contributed by atoms with van der Waals surface area (Å²) in [5.74, 6) is -2.11. The highest BCUT2D eigenvalue weighted by Crippen LogP contribution is 2.51. The molecule has 1 unspecified atom stereocenters. The highest BCUT2D eigenvalue weighted by Gasteiger charge is 2.50. The molecule has 1 spiro atoms. The lowest BCUT2D eigenvalue weighted by atomic mass is 9.97. The quantitative estimate of drug-likeness (QED) is 0.501. The zero-order valence-corrected chi connectivity index (χ0v) is 11.8. The third kappa shape index (κ3) is 3.02. The molecule has 3 atom stereocenters. The molecule has 1 aliphatic carbocycles. The first kappa shape index (κ1) is 12.0. The van der Waals surface area contributed by atoms with Crippen LogP contribution >= 0.6 is 0 Å². The third-order valence-electron chi connectivity index (χ3n) is 4.75. The summed E-state index contributed by atoms with van der Waals surface area (Å²) >= 11 is 0. The zero-order valence-electron chi connectivity index (χ0n) is 13.8. The number of nitrogens with two attached hydrogens (primary N) is 1. The minimum Gasteiger partial charge on any atom is -0.368 e. The van der Waals surface area contributed by atoms with Crippen molar-refractivity contribution in [3.05, 3.63) is 0 Å². The molecule has 116 valence electrons. The SMILES string of the molecule is [2H]C1([2H])CC(C[C@H](NC(=O)[C@@H]2CC3(CC3)CN2)C(N)=O)C(=O)N1. The van der Waals surface area contributed by atoms with Crippen LogP contribution in [-0.2, 0) is 14.4 Å². The summed E-state index contributed by atoms with van der Waals surface area (Å²) in [4.78, 5) is 35.7. The Morgan fingerprint density at radius 1 is 1.52 bits per heavy atom. The van der Waals surface area contributed by atoms with Gasteiger partial charge in [-0.15, -0.1) is 0 Å². The molecule has 5 N–H and O–H groups in total. The van der Waals surface area contributed by atoms with Crippen LogP contribution in [0.3, 0.4) is 0 Å². The smallest absolute Gasteiger partial charge is 0.240 e. The molecule has 2 heterocycles. The van der Waals surface area contributed by atoms with E-state index in [1.165, 1.54) is 0 Å². The summed E-state index contributed by atoms with van der Waals surface area (Å²) in [5, 5.41) is 8.02. The lowest BCUT2D eigenvalue weighted by Gasteiger charge is -2.20. The van der Waals surface area contributed by atoms with Gasteiger partial charge in [-0.2, -0.15) is 0 Å². The molecule has 2 saturated heterocycles. The topological polar surface area (TPSA) is 113 Å². The number of rotatable bonds is 5. The van der Waals surface area contributed by atoms with Gasteiger partial charge in [-0.05, 0) is 37.5 Å². The monoisotopic (exact) mass is 296 g/mol. The molecule has 0 radical (unpaired) electrons. The van der Waals surface area contributed by atoms with Gasteiger partial charge in [-0.1, -0.05) is 0 Å². The van der Waals surface area contributed by atoms with Crippen LogP contribution in [0.4, 0.5) is 0 Å². The minimum absolute atomic E-state index is 0.0181. The maximum absolute atomic E-state index is 12.3. The van der Waals surface area contributed by atoms with E-state index in [0.29, 0.717) is 0 Å². The van der Waals surface area contributed by atoms with Crippen molar-refractivity contribution in [2.24, 2.45) is 17.1 Å². The van der Waals surface area contributed by atoms with Crippen LogP contribution in [0.1, 0.15) is 34.8 Å². The van der Waals surface area contributed by atoms with Crippen LogP contribution in [0.5, 0.6) is 0 Å². The fraction of sp³-hybridized carbons (Fsp3) is 0.786. The van der Waals surface area contributed by atoms with E-state index in [4.69, 9.17) is 8.48 Å². The zero-order chi connectivity index (χ0) is 16.8. The molecule has 7 heteroatoms. The molecule has 3 rings (SSSR count). The van der Waals surface area contributed by atoms with Crippen molar-refractivity contribution in [2.45, 2.75) is 44.2 Å². The first-order valence-electron chi connectivity index (χ1n) is 8.35. The van der Waals surface area contributed by atoms with E-state index in [1.54, 1.807) is 0 Å². The van der Waals surface area contributed by atoms with Crippen molar-refractivity contribution in [3.8, 4) is 0 Å². The van der Waals surface area contributed by atoms with Crippen LogP contribution in [0.2, 0.25) is 0 Å². The maximum Gasteiger partial charge on any atom is 0.240 e. The molecule has 7 nitrogen and oxygen atoms in total. The summed E-state index contributed by atoms with van der Waals surface area (Å²) in [7, 11) is 0. The van der Waals surface area contributed by atoms with Crippen LogP contribution < -0.4 is 21.7 Å². The van der Waals surface area contributed by atoms with Crippen molar-refractivity contribution < 1.29 is 17.1 Å². The molecule has 3 amide bonds. The standard InChI is InChI=1S/C14H22N4O3/c15-11(19)9(5-8-1-4-16-12(8)20)18-13(21)10-6-14(2-3-14)7-17-10/h8-10,17H,1-7H2,(H2,15,19)(H,16,20)(H,18,21)/t8?,9-,10-/m0/s1/i4D2. The van der Waals surface area contributed by atoms with E-state index in [1.807, 2.05) is 0 Å². The van der Waals surface area contributed by atoms with Gasteiger partial charge in [-0.3, -0.25) is 14.4 Å². The van der Waals surface area contributed by atoms with Gasteiger partial charge in [0.05, 0.1) is 6.04 Å². The number of hydrogen-bond donors (Lipinski definition) is 4. The predicted octanol–water partition coefficient (Wildman–Crippen LogP) is -1.38. The van der Waals surface area contributed by atoms with E-state index in [9.17, 15) is 14.4 Å². The summed E-state index contributed by atoms with van der Waals surface area (Å²) in [6.07, 6.45) is 3.00. The number of carbonyl (C=O) groups is 3. The van der Waals surface area contributed by atoms with Crippen molar-refractivity contribution in [3.63, 3.8) is 0 Å². The van der Waals surface area contributed by atoms with E-state index < -0.39 is 30.3 Å². The molecule has 21 heavy (non-hydrogen) atoms. The normalized spacial score (nSPS) is 34.8. The number of nitrogens with one attached hydrogen (secondary N) is 3. The Labute approximate surface area is 126 Å². The van der Waals surface area contributed by atoms with Gasteiger partial charge in [0.1, 0.15) is 6.04 Å². The predicted molar refractivity (Wildman–Crippen MR) is 74.9 cm³/mol. The van der Waals surface area contributed by atoms with E-state index >= 15 is 0 Å². The second-order valence-corrected chi connectivity index (χ2v) is 6.40. The Bertz CT molecular complexity index is 550. The third-order valence-corrected chi connectivity index (χ3v) is 4.75. The summed E-state index contributed by atoms with van der Waals surface area (Å²) in [5.41, 5.74) is 5.60. The van der Waals surface area contributed by atoms with Crippen molar-refractivity contribution in [2.75, 3.05) is 13.0 Å². The number of amides is 3. The largest absolute Gasteiger partial charge is 0.368 e. The van der Waals surface area contributed by atoms with Crippen molar-refractivity contribution >= 4 is 17.7 Å². The van der Waals surface area contributed by atoms with Gasteiger partial charge >= 0.3 is 0 Å². The Morgan fingerprint density at radius 2 is 2.29 bits per heavy atom. The van der Waals surface area contributed by atoms with Crippen molar-refractivity contribution in [1.29, 1.82) is 0 Å². The van der Waals surface area contributed by atoms with Crippen molar-refractivity contribution in [1.82, 2.24) is 16.0 Å². The fourth-order valence-corrected chi connectivity index (χ4v) is 3.11. The van der Waals surface area contributed by atoms with Gasteiger partial charge in [0.2, 0.25) is 17.7 Å². The maximum atomic E-state index is 12.3. The summed E-state index contributed by atoms with van der Waals surface area (Å²) in [6.45, 7) is -0.961. The molecule has 0 bridgehead atoms. The molecular weight excluding hydrogens is 272 g/mol. The van der Waals surface area contributed by atoms with Crippen LogP contribution in [0, 0.1) is 11.3 Å². The van der Waals surface area contributed by atoms with Gasteiger partial charge in [0.25, 0.3) is 0 Å². The van der Waals surface area contributed by atoms with Crippen LogP contribution in [0.25, 0.3) is 0 Å². The molecule has 1 saturated carbocycles. The molecule has 3 aliphatic rings. The number of hydrogen-bond acceptors (Lipinski definition) is 4. The molecule has 3 fully saturated rings. The second kappa shape index (κ2) is 5.29. The van der Waals surface area contributed by atoms with Crippen LogP contribution in [-0.4, -0.2) is 42.8 Å². The highest BCUT2D eigenvalue weighted by molar-refractivity contribution is 5.90. The van der Waals surface area contributed by atoms with E-state index in [2.05, 4.69) is 16.0 Å². The molecular formula is C14H22N4O3. The molecule has 0 aromatic rings. The number of carbonyl (C=O) groups excluding carboxylic acids is 3. The Kier molecular flexibility index (Phi) is 3.01. The fourth-order valence-electron chi connectivity index (χ4n) is 3.11. The lowest BCUT2D eigenvalue weighted by molar-refractivity contribution is -0.129. The van der Waals surface area contributed by atoms with Gasteiger partial charge in [-0.25, -0.2) is 0 Å². The second-order valence-electron chi connectivity index (χ2n) is 6.40. The lowest BCUT2D eigenvalue weighted by Crippen LogP contribution is -2.51. The molecule has 2 aliphatic heterocycles. The Hall–Kier alpha value is -1.63. The Balaban J connectivity index is 1.57. The van der Waals surface area contributed by atoms with Gasteiger partial charge in [0.15, 0.2) is 0 Å². The summed E-state index contributed by atoms with van der Waals surface area (Å²) < 4.78 is 15.1. The van der Waals surface area contributed by atoms with E-state index in [0.717, 1.165) is 25.8 Å². The van der Waals surface area contributed by atoms with Gasteiger partial charge < -0.3 is 21.7 Å². The molecule has 0 aromatic heterocycles. The Morgan fingerprint density at radius 3 is 2.81 bits per heavy atom. The van der Waals surface area contributed by atoms with Gasteiger partial charge in [0, 0.05) is 21.7 Å². The highest BCUT2D eigenvalue weighted by atomic mass is 16.2. The first-order chi connectivity index (χ1) is 10.7. The van der Waals surface area contributed by atoms with Crippen LogP contribution in [0.15, 0.2) is 0 Å². The minimum atomic E-state index is -1.78. The average molecular weight is 296 g/mol. The average Bonchev–Trinajstić information content (AvgIpc) is 2.95. The van der Waals surface area contributed by atoms with E-state index in [-0.39, 0.29) is 30.2 Å². The first-order valence-corrected chi connectivity index (χ1v) is 7.35.